The summed E-state index contributed by atoms with van der Waals surface area (Å²) in [7, 11) is 0. The summed E-state index contributed by atoms with van der Waals surface area (Å²) in [6, 6.07) is 15.5. The number of rotatable bonds is 6. The molecule has 0 atom stereocenters. The van der Waals surface area contributed by atoms with Gasteiger partial charge in [-0.25, -0.2) is 24.5 Å². The summed E-state index contributed by atoms with van der Waals surface area (Å²) < 4.78 is 9.98. The van der Waals surface area contributed by atoms with Crippen LogP contribution in [0.25, 0.3) is 22.8 Å². The first kappa shape index (κ1) is 19.2. The summed E-state index contributed by atoms with van der Waals surface area (Å²) in [5.74, 6) is -0.964. The van der Waals surface area contributed by atoms with Gasteiger partial charge in [-0.15, -0.1) is 0 Å². The molecule has 0 saturated heterocycles. The Kier molecular flexibility index (Phi) is 6.06. The highest BCUT2D eigenvalue weighted by Crippen LogP contribution is 2.21. The zero-order valence-corrected chi connectivity index (χ0v) is 15.6. The number of esters is 2. The lowest BCUT2D eigenvalue weighted by atomic mass is 10.2. The lowest BCUT2D eigenvalue weighted by Crippen LogP contribution is -2.08. The van der Waals surface area contributed by atoms with Crippen LogP contribution in [-0.2, 0) is 9.47 Å². The van der Waals surface area contributed by atoms with Crippen LogP contribution < -0.4 is 0 Å². The maximum Gasteiger partial charge on any atom is 0.356 e. The maximum absolute atomic E-state index is 11.9. The quantitative estimate of drug-likeness (QED) is 0.607. The lowest BCUT2D eigenvalue weighted by molar-refractivity contribution is 0.0510. The SMILES string of the molecule is CCOC(=O)c1cccc(-c2cccc(-c3cccc(C(=O)OCC)n3)n2)n1. The molecular formula is C21H19N3O4. The van der Waals surface area contributed by atoms with Crippen LogP contribution in [0, 0.1) is 0 Å². The number of nitrogens with zero attached hydrogens (tertiary/aromatic N) is 3. The van der Waals surface area contributed by atoms with Crippen molar-refractivity contribution in [3.05, 3.63) is 66.0 Å². The maximum atomic E-state index is 11.9. The molecule has 0 radical (unpaired) electrons. The first-order chi connectivity index (χ1) is 13.6. The number of pyridine rings is 3. The summed E-state index contributed by atoms with van der Waals surface area (Å²) in [4.78, 5) is 37.1. The molecule has 7 heteroatoms. The molecule has 3 aromatic heterocycles. The van der Waals surface area contributed by atoms with Gasteiger partial charge in [0.25, 0.3) is 0 Å². The third kappa shape index (κ3) is 4.37. The van der Waals surface area contributed by atoms with Crippen molar-refractivity contribution in [2.24, 2.45) is 0 Å². The first-order valence-electron chi connectivity index (χ1n) is 8.88. The van der Waals surface area contributed by atoms with Crippen molar-refractivity contribution < 1.29 is 19.1 Å². The molecular weight excluding hydrogens is 358 g/mol. The van der Waals surface area contributed by atoms with E-state index in [1.807, 2.05) is 6.07 Å². The first-order valence-corrected chi connectivity index (χ1v) is 8.88. The number of hydrogen-bond acceptors (Lipinski definition) is 7. The van der Waals surface area contributed by atoms with Crippen LogP contribution in [0.5, 0.6) is 0 Å². The summed E-state index contributed by atoms with van der Waals surface area (Å²) in [5.41, 5.74) is 2.66. The number of hydrogen-bond donors (Lipinski definition) is 0. The Labute approximate surface area is 162 Å². The summed E-state index contributed by atoms with van der Waals surface area (Å²) in [6.07, 6.45) is 0. The second-order valence-electron chi connectivity index (χ2n) is 5.67. The van der Waals surface area contributed by atoms with Crippen molar-refractivity contribution in [1.82, 2.24) is 15.0 Å². The minimum atomic E-state index is -0.482. The number of carbonyl (C=O) groups excluding carboxylic acids is 2. The van der Waals surface area contributed by atoms with Gasteiger partial charge >= 0.3 is 11.9 Å². The second-order valence-corrected chi connectivity index (χ2v) is 5.67. The third-order valence-electron chi connectivity index (χ3n) is 3.74. The molecule has 0 spiro atoms. The van der Waals surface area contributed by atoms with Crippen LogP contribution in [0.3, 0.4) is 0 Å². The Morgan fingerprint density at radius 1 is 0.643 bits per heavy atom. The van der Waals surface area contributed by atoms with Crippen LogP contribution in [-0.4, -0.2) is 40.1 Å². The molecule has 0 bridgehead atoms. The molecule has 142 valence electrons. The van der Waals surface area contributed by atoms with Crippen molar-refractivity contribution in [2.75, 3.05) is 13.2 Å². The van der Waals surface area contributed by atoms with Crippen LogP contribution in [0.1, 0.15) is 34.8 Å². The van der Waals surface area contributed by atoms with Gasteiger partial charge in [-0.1, -0.05) is 18.2 Å². The number of ether oxygens (including phenoxy) is 2. The smallest absolute Gasteiger partial charge is 0.356 e. The Morgan fingerprint density at radius 3 is 1.39 bits per heavy atom. The summed E-state index contributed by atoms with van der Waals surface area (Å²) in [5, 5.41) is 0. The predicted molar refractivity (Wildman–Crippen MR) is 103 cm³/mol. The van der Waals surface area contributed by atoms with Crippen molar-refractivity contribution in [2.45, 2.75) is 13.8 Å². The zero-order valence-electron chi connectivity index (χ0n) is 15.6. The molecule has 28 heavy (non-hydrogen) atoms. The topological polar surface area (TPSA) is 91.3 Å². The van der Waals surface area contributed by atoms with Gasteiger partial charge in [0, 0.05) is 0 Å². The second kappa shape index (κ2) is 8.85. The van der Waals surface area contributed by atoms with Gasteiger partial charge in [-0.2, -0.15) is 0 Å². The van der Waals surface area contributed by atoms with Crippen LogP contribution in [0.4, 0.5) is 0 Å². The van der Waals surface area contributed by atoms with E-state index in [0.29, 0.717) is 22.8 Å². The molecule has 0 amide bonds. The largest absolute Gasteiger partial charge is 0.461 e. The minimum Gasteiger partial charge on any atom is -0.461 e. The van der Waals surface area contributed by atoms with Gasteiger partial charge in [-0.05, 0) is 50.2 Å². The van der Waals surface area contributed by atoms with Crippen LogP contribution >= 0.6 is 0 Å². The minimum absolute atomic E-state index is 0.217. The Balaban J connectivity index is 1.93. The fourth-order valence-electron chi connectivity index (χ4n) is 2.51. The molecule has 0 unspecified atom stereocenters. The highest BCUT2D eigenvalue weighted by Gasteiger charge is 2.13. The average Bonchev–Trinajstić information content (AvgIpc) is 2.74. The van der Waals surface area contributed by atoms with E-state index >= 15 is 0 Å². The summed E-state index contributed by atoms with van der Waals surface area (Å²) in [6.45, 7) is 4.04. The Morgan fingerprint density at radius 2 is 1.00 bits per heavy atom. The van der Waals surface area contributed by atoms with E-state index in [4.69, 9.17) is 9.47 Å². The van der Waals surface area contributed by atoms with Gasteiger partial charge in [0.1, 0.15) is 11.4 Å². The van der Waals surface area contributed by atoms with E-state index in [9.17, 15) is 9.59 Å². The van der Waals surface area contributed by atoms with Gasteiger partial charge < -0.3 is 9.47 Å². The highest BCUT2D eigenvalue weighted by molar-refractivity contribution is 5.88. The third-order valence-corrected chi connectivity index (χ3v) is 3.74. The predicted octanol–water partition coefficient (Wildman–Crippen LogP) is 3.56. The van der Waals surface area contributed by atoms with Crippen LogP contribution in [0.2, 0.25) is 0 Å². The Hall–Kier alpha value is -3.61. The van der Waals surface area contributed by atoms with Gasteiger partial charge in [-0.3, -0.25) is 0 Å². The molecule has 0 aliphatic heterocycles. The monoisotopic (exact) mass is 377 g/mol. The molecule has 7 nitrogen and oxygen atoms in total. The molecule has 0 aromatic carbocycles. The van der Waals surface area contributed by atoms with Crippen molar-refractivity contribution >= 4 is 11.9 Å². The molecule has 0 aliphatic rings. The fraction of sp³-hybridized carbons (Fsp3) is 0.190. The summed E-state index contributed by atoms with van der Waals surface area (Å²) >= 11 is 0. The van der Waals surface area contributed by atoms with E-state index in [1.165, 1.54) is 0 Å². The van der Waals surface area contributed by atoms with Crippen molar-refractivity contribution in [3.63, 3.8) is 0 Å². The molecule has 0 aliphatic carbocycles. The molecule has 0 fully saturated rings. The average molecular weight is 377 g/mol. The van der Waals surface area contributed by atoms with E-state index in [0.717, 1.165) is 0 Å². The highest BCUT2D eigenvalue weighted by atomic mass is 16.5. The van der Waals surface area contributed by atoms with Gasteiger partial charge in [0.2, 0.25) is 0 Å². The van der Waals surface area contributed by atoms with Crippen molar-refractivity contribution in [1.29, 1.82) is 0 Å². The van der Waals surface area contributed by atoms with Gasteiger partial charge in [0.05, 0.1) is 36.0 Å². The molecule has 3 rings (SSSR count). The molecule has 3 heterocycles. The normalized spacial score (nSPS) is 10.4. The number of aromatic nitrogens is 3. The Bertz CT molecular complexity index is 927. The van der Waals surface area contributed by atoms with E-state index in [1.54, 1.807) is 62.4 Å². The van der Waals surface area contributed by atoms with Crippen molar-refractivity contribution in [3.8, 4) is 22.8 Å². The van der Waals surface area contributed by atoms with E-state index in [-0.39, 0.29) is 24.6 Å². The number of carbonyl (C=O) groups is 2. The van der Waals surface area contributed by atoms with E-state index < -0.39 is 11.9 Å². The van der Waals surface area contributed by atoms with Crippen LogP contribution in [0.15, 0.2) is 54.6 Å². The van der Waals surface area contributed by atoms with Gasteiger partial charge in [0.15, 0.2) is 0 Å². The standard InChI is InChI=1S/C21H19N3O4/c1-3-27-20(25)18-12-6-10-16(23-18)14-8-5-9-15(22-14)17-11-7-13-19(24-17)21(26)28-4-2/h5-13H,3-4H2,1-2H3. The molecule has 3 aromatic rings. The molecule has 0 saturated carbocycles. The van der Waals surface area contributed by atoms with E-state index in [2.05, 4.69) is 15.0 Å². The zero-order chi connectivity index (χ0) is 19.9. The lowest BCUT2D eigenvalue weighted by Gasteiger charge is -2.07. The fourth-order valence-corrected chi connectivity index (χ4v) is 2.51. The molecule has 0 N–H and O–H groups in total.